The van der Waals surface area contributed by atoms with Gasteiger partial charge in [-0.3, -0.25) is 9.97 Å². The minimum atomic E-state index is 0.0146. The van der Waals surface area contributed by atoms with Gasteiger partial charge < -0.3 is 5.32 Å². The number of rotatable bonds is 4. The van der Waals surface area contributed by atoms with Crippen LogP contribution in [-0.2, 0) is 0 Å². The summed E-state index contributed by atoms with van der Waals surface area (Å²) in [6, 6.07) is 9.96. The van der Waals surface area contributed by atoms with Gasteiger partial charge in [0.2, 0.25) is 0 Å². The van der Waals surface area contributed by atoms with Gasteiger partial charge in [-0.1, -0.05) is 19.1 Å². The van der Waals surface area contributed by atoms with E-state index in [4.69, 9.17) is 4.98 Å². The Morgan fingerprint density at radius 3 is 2.67 bits per heavy atom. The van der Waals surface area contributed by atoms with Crippen LogP contribution >= 0.6 is 0 Å². The minimum Gasteiger partial charge on any atom is -0.305 e. The van der Waals surface area contributed by atoms with Gasteiger partial charge in [0.25, 0.3) is 0 Å². The van der Waals surface area contributed by atoms with Crippen LogP contribution in [0.4, 0.5) is 0 Å². The number of para-hydroxylation sites is 2. The van der Waals surface area contributed by atoms with Crippen molar-refractivity contribution in [3.8, 4) is 0 Å². The molecule has 106 valence electrons. The highest BCUT2D eigenvalue weighted by atomic mass is 15.0. The Balaban J connectivity index is 2.09. The average Bonchev–Trinajstić information content (AvgIpc) is 2.53. The van der Waals surface area contributed by atoms with E-state index in [0.717, 1.165) is 28.8 Å². The third-order valence-electron chi connectivity index (χ3n) is 3.56. The maximum atomic E-state index is 4.76. The summed E-state index contributed by atoms with van der Waals surface area (Å²) >= 11 is 0. The number of benzene rings is 1. The van der Waals surface area contributed by atoms with Gasteiger partial charge in [0.15, 0.2) is 0 Å². The SMILES string of the molecule is CCNC(c1cnc2ccccc2n1)c1cnccc1C. The number of pyridine rings is 1. The summed E-state index contributed by atoms with van der Waals surface area (Å²) < 4.78 is 0. The number of hydrogen-bond donors (Lipinski definition) is 1. The van der Waals surface area contributed by atoms with E-state index in [9.17, 15) is 0 Å². The van der Waals surface area contributed by atoms with E-state index in [1.165, 1.54) is 5.56 Å². The Bertz CT molecular complexity index is 754. The second kappa shape index (κ2) is 5.97. The van der Waals surface area contributed by atoms with Crippen LogP contribution in [0.2, 0.25) is 0 Å². The number of nitrogens with one attached hydrogen (secondary N) is 1. The van der Waals surface area contributed by atoms with Gasteiger partial charge in [0, 0.05) is 12.4 Å². The van der Waals surface area contributed by atoms with Gasteiger partial charge >= 0.3 is 0 Å². The van der Waals surface area contributed by atoms with E-state index < -0.39 is 0 Å². The average molecular weight is 278 g/mol. The highest BCUT2D eigenvalue weighted by Gasteiger charge is 2.17. The van der Waals surface area contributed by atoms with Crippen molar-refractivity contribution in [3.63, 3.8) is 0 Å². The first kappa shape index (κ1) is 13.6. The first-order valence-corrected chi connectivity index (χ1v) is 7.15. The lowest BCUT2D eigenvalue weighted by Gasteiger charge is -2.19. The van der Waals surface area contributed by atoms with Gasteiger partial charge in [0.05, 0.1) is 29.0 Å². The first-order valence-electron chi connectivity index (χ1n) is 7.15. The molecule has 0 spiro atoms. The van der Waals surface area contributed by atoms with Gasteiger partial charge in [-0.25, -0.2) is 4.98 Å². The molecule has 1 unspecified atom stereocenters. The number of aryl methyl sites for hydroxylation is 1. The standard InChI is InChI=1S/C17H18N4/c1-3-19-17(13-10-18-9-8-12(13)2)16-11-20-14-6-4-5-7-15(14)21-16/h4-11,17,19H,3H2,1-2H3. The van der Waals surface area contributed by atoms with E-state index in [-0.39, 0.29) is 6.04 Å². The summed E-state index contributed by atoms with van der Waals surface area (Å²) in [5.74, 6) is 0. The Morgan fingerprint density at radius 1 is 1.10 bits per heavy atom. The van der Waals surface area contributed by atoms with Gasteiger partial charge in [-0.05, 0) is 42.8 Å². The molecule has 0 amide bonds. The molecule has 4 heteroatoms. The summed E-state index contributed by atoms with van der Waals surface area (Å²) in [7, 11) is 0. The molecule has 0 bridgehead atoms. The fourth-order valence-electron chi connectivity index (χ4n) is 2.47. The van der Waals surface area contributed by atoms with E-state index in [2.05, 4.69) is 29.1 Å². The van der Waals surface area contributed by atoms with Gasteiger partial charge in [-0.15, -0.1) is 0 Å². The highest BCUT2D eigenvalue weighted by Crippen LogP contribution is 2.23. The molecular formula is C17H18N4. The zero-order chi connectivity index (χ0) is 14.7. The monoisotopic (exact) mass is 278 g/mol. The molecule has 0 aliphatic carbocycles. The second-order valence-electron chi connectivity index (χ2n) is 5.01. The van der Waals surface area contributed by atoms with Crippen LogP contribution in [0.15, 0.2) is 48.9 Å². The summed E-state index contributed by atoms with van der Waals surface area (Å²) in [6.07, 6.45) is 5.57. The minimum absolute atomic E-state index is 0.0146. The van der Waals surface area contributed by atoms with E-state index in [1.807, 2.05) is 48.9 Å². The first-order chi connectivity index (χ1) is 10.3. The molecule has 3 aromatic rings. The third kappa shape index (κ3) is 2.76. The molecule has 1 N–H and O–H groups in total. The van der Waals surface area contributed by atoms with Crippen molar-refractivity contribution in [1.82, 2.24) is 20.3 Å². The van der Waals surface area contributed by atoms with Crippen molar-refractivity contribution in [2.75, 3.05) is 6.54 Å². The largest absolute Gasteiger partial charge is 0.305 e. The van der Waals surface area contributed by atoms with Crippen molar-refractivity contribution in [3.05, 3.63) is 65.7 Å². The zero-order valence-corrected chi connectivity index (χ0v) is 12.2. The fraction of sp³-hybridized carbons (Fsp3) is 0.235. The Labute approximate surface area is 124 Å². The van der Waals surface area contributed by atoms with Crippen molar-refractivity contribution in [2.24, 2.45) is 0 Å². The normalized spacial score (nSPS) is 12.5. The van der Waals surface area contributed by atoms with Crippen LogP contribution in [0.25, 0.3) is 11.0 Å². The van der Waals surface area contributed by atoms with Crippen molar-refractivity contribution < 1.29 is 0 Å². The second-order valence-corrected chi connectivity index (χ2v) is 5.01. The summed E-state index contributed by atoms with van der Waals surface area (Å²) in [5, 5.41) is 3.48. The molecule has 2 aromatic heterocycles. The zero-order valence-electron chi connectivity index (χ0n) is 12.2. The lowest BCUT2D eigenvalue weighted by Crippen LogP contribution is -2.24. The van der Waals surface area contributed by atoms with Crippen LogP contribution in [-0.4, -0.2) is 21.5 Å². The molecule has 0 aliphatic heterocycles. The quantitative estimate of drug-likeness (QED) is 0.797. The maximum absolute atomic E-state index is 4.76. The lowest BCUT2D eigenvalue weighted by molar-refractivity contribution is 0.610. The summed E-state index contributed by atoms with van der Waals surface area (Å²) in [4.78, 5) is 13.5. The van der Waals surface area contributed by atoms with Crippen LogP contribution < -0.4 is 5.32 Å². The fourth-order valence-corrected chi connectivity index (χ4v) is 2.47. The lowest BCUT2D eigenvalue weighted by atomic mass is 10.0. The van der Waals surface area contributed by atoms with E-state index >= 15 is 0 Å². The van der Waals surface area contributed by atoms with Crippen LogP contribution in [0.5, 0.6) is 0 Å². The maximum Gasteiger partial charge on any atom is 0.0890 e. The van der Waals surface area contributed by atoms with Crippen LogP contribution in [0.3, 0.4) is 0 Å². The van der Waals surface area contributed by atoms with Crippen LogP contribution in [0, 0.1) is 6.92 Å². The molecule has 3 rings (SSSR count). The number of aromatic nitrogens is 3. The van der Waals surface area contributed by atoms with Crippen molar-refractivity contribution >= 4 is 11.0 Å². The highest BCUT2D eigenvalue weighted by molar-refractivity contribution is 5.73. The number of fused-ring (bicyclic) bond motifs is 1. The predicted octanol–water partition coefficient (Wildman–Crippen LogP) is 3.03. The molecule has 0 saturated carbocycles. The molecule has 0 radical (unpaired) electrons. The number of hydrogen-bond acceptors (Lipinski definition) is 4. The molecule has 1 atom stereocenters. The van der Waals surface area contributed by atoms with Gasteiger partial charge in [0.1, 0.15) is 0 Å². The topological polar surface area (TPSA) is 50.7 Å². The molecule has 1 aromatic carbocycles. The molecular weight excluding hydrogens is 260 g/mol. The van der Waals surface area contributed by atoms with E-state index in [1.54, 1.807) is 0 Å². The molecule has 4 nitrogen and oxygen atoms in total. The third-order valence-corrected chi connectivity index (χ3v) is 3.56. The summed E-state index contributed by atoms with van der Waals surface area (Å²) in [5.41, 5.74) is 5.10. The summed E-state index contributed by atoms with van der Waals surface area (Å²) in [6.45, 7) is 5.04. The molecule has 0 saturated heterocycles. The number of nitrogens with zero attached hydrogens (tertiary/aromatic N) is 3. The molecule has 0 aliphatic rings. The molecule has 2 heterocycles. The van der Waals surface area contributed by atoms with Crippen LogP contribution in [0.1, 0.15) is 29.8 Å². The van der Waals surface area contributed by atoms with E-state index in [0.29, 0.717) is 0 Å². The Hall–Kier alpha value is -2.33. The Morgan fingerprint density at radius 2 is 1.90 bits per heavy atom. The van der Waals surface area contributed by atoms with Gasteiger partial charge in [-0.2, -0.15) is 0 Å². The van der Waals surface area contributed by atoms with Crippen molar-refractivity contribution in [1.29, 1.82) is 0 Å². The smallest absolute Gasteiger partial charge is 0.0890 e. The van der Waals surface area contributed by atoms with Crippen molar-refractivity contribution in [2.45, 2.75) is 19.9 Å². The predicted molar refractivity (Wildman–Crippen MR) is 84.0 cm³/mol. The molecule has 21 heavy (non-hydrogen) atoms. The molecule has 0 fully saturated rings. The Kier molecular flexibility index (Phi) is 3.88.